The third kappa shape index (κ3) is 3.55. The second-order valence-corrected chi connectivity index (χ2v) is 5.33. The van der Waals surface area contributed by atoms with Gasteiger partial charge in [-0.1, -0.05) is 40.2 Å². The van der Waals surface area contributed by atoms with Crippen LogP contribution in [0.15, 0.2) is 47.1 Å². The van der Waals surface area contributed by atoms with Crippen molar-refractivity contribution in [3.05, 3.63) is 58.2 Å². The van der Waals surface area contributed by atoms with Gasteiger partial charge in [-0.25, -0.2) is 4.98 Å². The van der Waals surface area contributed by atoms with E-state index in [0.717, 1.165) is 23.3 Å². The van der Waals surface area contributed by atoms with Crippen LogP contribution in [0, 0.1) is 0 Å². The van der Waals surface area contributed by atoms with E-state index in [9.17, 15) is 0 Å². The molecule has 4 heteroatoms. The van der Waals surface area contributed by atoms with Gasteiger partial charge in [0.05, 0.1) is 0 Å². The van der Waals surface area contributed by atoms with Crippen LogP contribution in [0.1, 0.15) is 11.1 Å². The summed E-state index contributed by atoms with van der Waals surface area (Å²) in [5, 5.41) is 0. The quantitative estimate of drug-likeness (QED) is 0.921. The van der Waals surface area contributed by atoms with Crippen LogP contribution < -0.4 is 10.6 Å². The predicted octanol–water partition coefficient (Wildman–Crippen LogP) is 2.98. The molecule has 0 aliphatic carbocycles. The second kappa shape index (κ2) is 6.68. The summed E-state index contributed by atoms with van der Waals surface area (Å²) in [6, 6.07) is 12.3. The van der Waals surface area contributed by atoms with Gasteiger partial charge >= 0.3 is 0 Å². The number of hydrogen-bond donors (Lipinski definition) is 1. The third-order valence-corrected chi connectivity index (χ3v) is 3.78. The van der Waals surface area contributed by atoms with Gasteiger partial charge in [0, 0.05) is 24.3 Å². The van der Waals surface area contributed by atoms with Gasteiger partial charge in [-0.15, -0.1) is 0 Å². The molecule has 1 aromatic carbocycles. The fourth-order valence-corrected chi connectivity index (χ4v) is 2.49. The van der Waals surface area contributed by atoms with Gasteiger partial charge in [0.25, 0.3) is 0 Å². The summed E-state index contributed by atoms with van der Waals surface area (Å²) in [4.78, 5) is 6.64. The maximum absolute atomic E-state index is 5.65. The van der Waals surface area contributed by atoms with Crippen molar-refractivity contribution in [1.29, 1.82) is 0 Å². The van der Waals surface area contributed by atoms with E-state index in [1.807, 2.05) is 24.4 Å². The average Bonchev–Trinajstić information content (AvgIpc) is 2.42. The molecule has 0 radical (unpaired) electrons. The predicted molar refractivity (Wildman–Crippen MR) is 83.2 cm³/mol. The number of rotatable bonds is 5. The largest absolute Gasteiger partial charge is 0.355 e. The van der Waals surface area contributed by atoms with Gasteiger partial charge < -0.3 is 10.6 Å². The highest BCUT2D eigenvalue weighted by Gasteiger charge is 2.09. The molecule has 0 amide bonds. The van der Waals surface area contributed by atoms with Crippen molar-refractivity contribution in [3.8, 4) is 0 Å². The van der Waals surface area contributed by atoms with Crippen LogP contribution in [0.5, 0.6) is 0 Å². The van der Waals surface area contributed by atoms with Crippen molar-refractivity contribution < 1.29 is 0 Å². The molecule has 2 rings (SSSR count). The number of nitrogens with zero attached hydrogens (tertiary/aromatic N) is 2. The third-order valence-electron chi connectivity index (χ3n) is 3.01. The first-order valence-electron chi connectivity index (χ1n) is 6.31. The molecule has 3 nitrogen and oxygen atoms in total. The lowest BCUT2D eigenvalue weighted by Crippen LogP contribution is -2.20. The first-order valence-corrected chi connectivity index (χ1v) is 7.10. The van der Waals surface area contributed by atoms with Crippen molar-refractivity contribution in [3.63, 3.8) is 0 Å². The van der Waals surface area contributed by atoms with Gasteiger partial charge in [-0.05, 0) is 36.2 Å². The van der Waals surface area contributed by atoms with Crippen LogP contribution in [0.4, 0.5) is 5.82 Å². The van der Waals surface area contributed by atoms with E-state index in [1.165, 1.54) is 11.1 Å². The molecule has 0 saturated heterocycles. The molecular formula is C15H18BrN3. The Hall–Kier alpha value is -1.39. The minimum Gasteiger partial charge on any atom is -0.355 e. The standard InChI is InChI=1S/C15H18BrN3/c1-19(11-13-5-2-3-7-14(13)16)15-12(8-9-17)6-4-10-18-15/h2-7,10H,8-9,11,17H2,1H3. The summed E-state index contributed by atoms with van der Waals surface area (Å²) in [5.74, 6) is 1.00. The number of pyridine rings is 1. The molecule has 0 fully saturated rings. The Bertz CT molecular complexity index is 542. The molecule has 0 unspecified atom stereocenters. The first-order chi connectivity index (χ1) is 9.22. The van der Waals surface area contributed by atoms with E-state index >= 15 is 0 Å². The summed E-state index contributed by atoms with van der Waals surface area (Å²) in [5.41, 5.74) is 8.09. The highest BCUT2D eigenvalue weighted by Crippen LogP contribution is 2.22. The Morgan fingerprint density at radius 1 is 1.16 bits per heavy atom. The highest BCUT2D eigenvalue weighted by molar-refractivity contribution is 9.10. The Kier molecular flexibility index (Phi) is 4.93. The van der Waals surface area contributed by atoms with Gasteiger partial charge in [-0.2, -0.15) is 0 Å². The highest BCUT2D eigenvalue weighted by atomic mass is 79.9. The summed E-state index contributed by atoms with van der Waals surface area (Å²) in [6.07, 6.45) is 2.68. The van der Waals surface area contributed by atoms with Crippen molar-refractivity contribution in [1.82, 2.24) is 4.98 Å². The summed E-state index contributed by atoms with van der Waals surface area (Å²) in [6.45, 7) is 1.46. The number of nitrogens with two attached hydrogens (primary N) is 1. The molecule has 0 aliphatic rings. The maximum Gasteiger partial charge on any atom is 0.131 e. The lowest BCUT2D eigenvalue weighted by molar-refractivity contribution is 0.864. The fourth-order valence-electron chi connectivity index (χ4n) is 2.08. The van der Waals surface area contributed by atoms with E-state index in [4.69, 9.17) is 5.73 Å². The lowest BCUT2D eigenvalue weighted by atomic mass is 10.1. The molecule has 0 spiro atoms. The van der Waals surface area contributed by atoms with Crippen LogP contribution >= 0.6 is 15.9 Å². The van der Waals surface area contributed by atoms with Crippen LogP contribution in [-0.2, 0) is 13.0 Å². The van der Waals surface area contributed by atoms with Crippen LogP contribution in [0.3, 0.4) is 0 Å². The fraction of sp³-hybridized carbons (Fsp3) is 0.267. The van der Waals surface area contributed by atoms with E-state index in [2.05, 4.69) is 51.1 Å². The zero-order valence-electron chi connectivity index (χ0n) is 11.0. The van der Waals surface area contributed by atoms with Crippen molar-refractivity contribution in [2.24, 2.45) is 5.73 Å². The molecular weight excluding hydrogens is 302 g/mol. The van der Waals surface area contributed by atoms with E-state index in [0.29, 0.717) is 6.54 Å². The molecule has 2 aromatic rings. The number of hydrogen-bond acceptors (Lipinski definition) is 3. The second-order valence-electron chi connectivity index (χ2n) is 4.47. The summed E-state index contributed by atoms with van der Waals surface area (Å²) >= 11 is 3.58. The molecule has 2 N–H and O–H groups in total. The Morgan fingerprint density at radius 3 is 2.63 bits per heavy atom. The molecule has 0 atom stereocenters. The monoisotopic (exact) mass is 319 g/mol. The first kappa shape index (κ1) is 14.0. The summed E-state index contributed by atoms with van der Waals surface area (Å²) in [7, 11) is 2.06. The molecule has 0 saturated carbocycles. The Morgan fingerprint density at radius 2 is 1.89 bits per heavy atom. The van der Waals surface area contributed by atoms with Gasteiger partial charge in [0.15, 0.2) is 0 Å². The van der Waals surface area contributed by atoms with Crippen LogP contribution in [-0.4, -0.2) is 18.6 Å². The van der Waals surface area contributed by atoms with E-state index in [1.54, 1.807) is 0 Å². The Labute approximate surface area is 122 Å². The Balaban J connectivity index is 2.20. The van der Waals surface area contributed by atoms with Gasteiger partial charge in [0.2, 0.25) is 0 Å². The minimum atomic E-state index is 0.640. The number of halogens is 1. The molecule has 19 heavy (non-hydrogen) atoms. The minimum absolute atomic E-state index is 0.640. The number of benzene rings is 1. The van der Waals surface area contributed by atoms with Crippen LogP contribution in [0.25, 0.3) is 0 Å². The van der Waals surface area contributed by atoms with Gasteiger partial charge in [-0.3, -0.25) is 0 Å². The lowest BCUT2D eigenvalue weighted by Gasteiger charge is -2.21. The smallest absolute Gasteiger partial charge is 0.131 e. The van der Waals surface area contributed by atoms with Crippen LogP contribution in [0.2, 0.25) is 0 Å². The van der Waals surface area contributed by atoms with Crippen molar-refractivity contribution >= 4 is 21.7 Å². The van der Waals surface area contributed by atoms with Crippen molar-refractivity contribution in [2.45, 2.75) is 13.0 Å². The molecule has 100 valence electrons. The molecule has 1 heterocycles. The van der Waals surface area contributed by atoms with Crippen molar-refractivity contribution in [2.75, 3.05) is 18.5 Å². The summed E-state index contributed by atoms with van der Waals surface area (Å²) < 4.78 is 1.12. The number of aromatic nitrogens is 1. The average molecular weight is 320 g/mol. The SMILES string of the molecule is CN(Cc1ccccc1Br)c1ncccc1CCN. The molecule has 1 aromatic heterocycles. The van der Waals surface area contributed by atoms with E-state index in [-0.39, 0.29) is 0 Å². The molecule has 0 aliphatic heterocycles. The van der Waals surface area contributed by atoms with E-state index < -0.39 is 0 Å². The number of anilines is 1. The van der Waals surface area contributed by atoms with Gasteiger partial charge in [0.1, 0.15) is 5.82 Å². The zero-order chi connectivity index (χ0) is 13.7. The normalized spacial score (nSPS) is 10.5. The maximum atomic E-state index is 5.65. The zero-order valence-corrected chi connectivity index (χ0v) is 12.6. The topological polar surface area (TPSA) is 42.2 Å². The molecule has 0 bridgehead atoms.